The Kier molecular flexibility index (Phi) is 3.08. The van der Waals surface area contributed by atoms with Crippen LogP contribution in [0, 0.1) is 0 Å². The van der Waals surface area contributed by atoms with E-state index in [1.54, 1.807) is 13.1 Å². The van der Waals surface area contributed by atoms with E-state index < -0.39 is 5.60 Å². The van der Waals surface area contributed by atoms with Gasteiger partial charge in [-0.3, -0.25) is 4.98 Å². The summed E-state index contributed by atoms with van der Waals surface area (Å²) in [5, 5.41) is 10.5. The van der Waals surface area contributed by atoms with E-state index in [1.165, 1.54) is 0 Å². The van der Waals surface area contributed by atoms with Crippen LogP contribution in [0.25, 0.3) is 0 Å². The van der Waals surface area contributed by atoms with E-state index in [0.717, 1.165) is 10.0 Å². The van der Waals surface area contributed by atoms with Gasteiger partial charge in [0.25, 0.3) is 0 Å². The quantitative estimate of drug-likeness (QED) is 0.915. The van der Waals surface area contributed by atoms with Gasteiger partial charge in [-0.2, -0.15) is 0 Å². The average molecular weight is 278 g/mol. The Bertz CT molecular complexity index is 482. The molecule has 0 fully saturated rings. The third kappa shape index (κ3) is 2.15. The fraction of sp³-hybridized carbons (Fsp3) is 0.154. The molecule has 1 atom stereocenters. The van der Waals surface area contributed by atoms with Crippen LogP contribution < -0.4 is 0 Å². The number of nitrogens with zero attached hydrogens (tertiary/aromatic N) is 1. The number of aromatic nitrogens is 1. The van der Waals surface area contributed by atoms with Crippen molar-refractivity contribution in [3.63, 3.8) is 0 Å². The number of hydrogen-bond donors (Lipinski definition) is 1. The molecule has 1 heterocycles. The largest absolute Gasteiger partial charge is 0.379 e. The predicted octanol–water partition coefficient (Wildman–Crippen LogP) is 3.10. The molecular weight excluding hydrogens is 266 g/mol. The summed E-state index contributed by atoms with van der Waals surface area (Å²) in [6.45, 7) is 1.75. The van der Waals surface area contributed by atoms with Crippen LogP contribution in [0.2, 0.25) is 0 Å². The van der Waals surface area contributed by atoms with E-state index >= 15 is 0 Å². The van der Waals surface area contributed by atoms with Crippen molar-refractivity contribution < 1.29 is 5.11 Å². The lowest BCUT2D eigenvalue weighted by atomic mass is 9.92. The maximum atomic E-state index is 10.5. The lowest BCUT2D eigenvalue weighted by Gasteiger charge is -2.23. The minimum Gasteiger partial charge on any atom is -0.379 e. The van der Waals surface area contributed by atoms with E-state index in [9.17, 15) is 5.11 Å². The summed E-state index contributed by atoms with van der Waals surface area (Å²) in [5.74, 6) is 0. The van der Waals surface area contributed by atoms with E-state index in [1.807, 2.05) is 42.5 Å². The third-order valence-corrected chi connectivity index (χ3v) is 3.04. The molecule has 0 saturated heterocycles. The van der Waals surface area contributed by atoms with Crippen molar-refractivity contribution in [1.82, 2.24) is 4.98 Å². The Hall–Kier alpha value is -1.19. The Morgan fingerprint density at radius 2 is 2.00 bits per heavy atom. The van der Waals surface area contributed by atoms with Gasteiger partial charge in [-0.05, 0) is 36.8 Å². The lowest BCUT2D eigenvalue weighted by molar-refractivity contribution is 0.0973. The van der Waals surface area contributed by atoms with Crippen molar-refractivity contribution in [2.45, 2.75) is 12.5 Å². The number of aliphatic hydroxyl groups is 1. The molecule has 3 heteroatoms. The van der Waals surface area contributed by atoms with Gasteiger partial charge in [-0.15, -0.1) is 0 Å². The van der Waals surface area contributed by atoms with Crippen LogP contribution in [0.4, 0.5) is 0 Å². The minimum atomic E-state index is -1.06. The second kappa shape index (κ2) is 4.36. The van der Waals surface area contributed by atoms with Crippen LogP contribution in [-0.2, 0) is 5.60 Å². The molecule has 1 aromatic carbocycles. The second-order valence-electron chi connectivity index (χ2n) is 3.80. The Morgan fingerprint density at radius 1 is 1.19 bits per heavy atom. The predicted molar refractivity (Wildman–Crippen MR) is 67.1 cm³/mol. The molecule has 2 aromatic rings. The molecule has 0 spiro atoms. The monoisotopic (exact) mass is 277 g/mol. The van der Waals surface area contributed by atoms with Crippen molar-refractivity contribution in [3.05, 3.63) is 64.4 Å². The molecule has 0 aliphatic rings. The molecule has 0 radical (unpaired) electrons. The van der Waals surface area contributed by atoms with E-state index in [2.05, 4.69) is 20.9 Å². The fourth-order valence-corrected chi connectivity index (χ4v) is 1.99. The molecule has 1 aromatic heterocycles. The highest BCUT2D eigenvalue weighted by atomic mass is 79.9. The number of hydrogen-bond acceptors (Lipinski definition) is 2. The summed E-state index contributed by atoms with van der Waals surface area (Å²) in [6.07, 6.45) is 1.68. The topological polar surface area (TPSA) is 33.1 Å². The third-order valence-electron chi connectivity index (χ3n) is 2.55. The van der Waals surface area contributed by atoms with Crippen LogP contribution >= 0.6 is 15.9 Å². The molecule has 1 unspecified atom stereocenters. The van der Waals surface area contributed by atoms with Gasteiger partial charge in [-0.1, -0.05) is 34.1 Å². The highest BCUT2D eigenvalue weighted by Gasteiger charge is 2.26. The summed E-state index contributed by atoms with van der Waals surface area (Å²) in [6, 6.07) is 13.1. The van der Waals surface area contributed by atoms with Gasteiger partial charge in [0.15, 0.2) is 0 Å². The van der Waals surface area contributed by atoms with Crippen molar-refractivity contribution in [2.75, 3.05) is 0 Å². The highest BCUT2D eigenvalue weighted by Crippen LogP contribution is 2.28. The first-order valence-electron chi connectivity index (χ1n) is 5.00. The molecule has 82 valence electrons. The molecule has 0 aliphatic heterocycles. The molecule has 2 nitrogen and oxygen atoms in total. The summed E-state index contributed by atoms with van der Waals surface area (Å²) < 4.78 is 0.946. The van der Waals surface area contributed by atoms with Crippen molar-refractivity contribution in [1.29, 1.82) is 0 Å². The van der Waals surface area contributed by atoms with Crippen LogP contribution in [-0.4, -0.2) is 10.1 Å². The summed E-state index contributed by atoms with van der Waals surface area (Å²) in [5.41, 5.74) is 0.402. The Morgan fingerprint density at radius 3 is 2.62 bits per heavy atom. The van der Waals surface area contributed by atoms with Gasteiger partial charge in [0, 0.05) is 10.7 Å². The summed E-state index contributed by atoms with van der Waals surface area (Å²) in [7, 11) is 0. The van der Waals surface area contributed by atoms with Crippen molar-refractivity contribution in [2.24, 2.45) is 0 Å². The fourth-order valence-electron chi connectivity index (χ4n) is 1.59. The molecule has 0 amide bonds. The molecule has 0 saturated carbocycles. The number of pyridine rings is 1. The first-order chi connectivity index (χ1) is 7.60. The number of halogens is 1. The SMILES string of the molecule is CC(O)(c1cccc(Br)c1)c1ccccn1. The van der Waals surface area contributed by atoms with Crippen LogP contribution in [0.15, 0.2) is 53.1 Å². The Labute approximate surface area is 103 Å². The first kappa shape index (κ1) is 11.3. The van der Waals surface area contributed by atoms with Crippen molar-refractivity contribution >= 4 is 15.9 Å². The zero-order chi connectivity index (χ0) is 11.6. The number of rotatable bonds is 2. The van der Waals surface area contributed by atoms with Gasteiger partial charge in [-0.25, -0.2) is 0 Å². The maximum Gasteiger partial charge on any atom is 0.129 e. The standard InChI is InChI=1S/C13H12BrNO/c1-13(16,12-7-2-3-8-15-12)10-5-4-6-11(14)9-10/h2-9,16H,1H3. The van der Waals surface area contributed by atoms with Crippen LogP contribution in [0.5, 0.6) is 0 Å². The van der Waals surface area contributed by atoms with E-state index in [-0.39, 0.29) is 0 Å². The normalized spacial score (nSPS) is 14.4. The van der Waals surface area contributed by atoms with Gasteiger partial charge in [0.2, 0.25) is 0 Å². The van der Waals surface area contributed by atoms with Gasteiger partial charge < -0.3 is 5.11 Å². The van der Waals surface area contributed by atoms with Crippen LogP contribution in [0.1, 0.15) is 18.2 Å². The second-order valence-corrected chi connectivity index (χ2v) is 4.71. The van der Waals surface area contributed by atoms with Crippen molar-refractivity contribution in [3.8, 4) is 0 Å². The van der Waals surface area contributed by atoms with Crippen LogP contribution in [0.3, 0.4) is 0 Å². The summed E-state index contributed by atoms with van der Waals surface area (Å²) in [4.78, 5) is 4.19. The van der Waals surface area contributed by atoms with E-state index in [4.69, 9.17) is 0 Å². The molecule has 0 bridgehead atoms. The molecule has 0 aliphatic carbocycles. The minimum absolute atomic E-state index is 0.646. The zero-order valence-electron chi connectivity index (χ0n) is 8.89. The van der Waals surface area contributed by atoms with Gasteiger partial charge in [0.05, 0.1) is 5.69 Å². The zero-order valence-corrected chi connectivity index (χ0v) is 10.5. The average Bonchev–Trinajstić information content (AvgIpc) is 2.30. The van der Waals surface area contributed by atoms with Gasteiger partial charge in [0.1, 0.15) is 5.60 Å². The van der Waals surface area contributed by atoms with E-state index in [0.29, 0.717) is 5.69 Å². The lowest BCUT2D eigenvalue weighted by Crippen LogP contribution is -2.23. The smallest absolute Gasteiger partial charge is 0.129 e. The Balaban J connectivity index is 2.47. The summed E-state index contributed by atoms with van der Waals surface area (Å²) >= 11 is 3.40. The molecule has 16 heavy (non-hydrogen) atoms. The first-order valence-corrected chi connectivity index (χ1v) is 5.80. The maximum absolute atomic E-state index is 10.5. The van der Waals surface area contributed by atoms with Gasteiger partial charge >= 0.3 is 0 Å². The number of benzene rings is 1. The molecule has 1 N–H and O–H groups in total. The molecular formula is C13H12BrNO. The molecule has 2 rings (SSSR count). The highest BCUT2D eigenvalue weighted by molar-refractivity contribution is 9.10.